The molecule has 1 aromatic rings. The minimum Gasteiger partial charge on any atom is -0.392 e. The van der Waals surface area contributed by atoms with Crippen molar-refractivity contribution in [2.45, 2.75) is 13.2 Å². The Bertz CT molecular complexity index is 323. The topological polar surface area (TPSA) is 57.5 Å². The van der Waals surface area contributed by atoms with E-state index in [1.54, 1.807) is 0 Å². The number of aldehydes is 1. The zero-order valence-corrected chi connectivity index (χ0v) is 6.83. The first-order chi connectivity index (χ1) is 6.24. The van der Waals surface area contributed by atoms with Gasteiger partial charge in [0.1, 0.15) is 5.82 Å². The van der Waals surface area contributed by atoms with Gasteiger partial charge in [0.25, 0.3) is 0 Å². The minimum atomic E-state index is -0.760. The molecule has 0 unspecified atom stereocenters. The SMILES string of the molecule is O=Cc1ccc(CO)c(CO)c1F. The van der Waals surface area contributed by atoms with Gasteiger partial charge in [-0.25, -0.2) is 4.39 Å². The maximum atomic E-state index is 13.2. The summed E-state index contributed by atoms with van der Waals surface area (Å²) in [5, 5.41) is 17.6. The van der Waals surface area contributed by atoms with Crippen LogP contribution < -0.4 is 0 Å². The lowest BCUT2D eigenvalue weighted by atomic mass is 10.0. The number of aliphatic hydroxyl groups is 2. The lowest BCUT2D eigenvalue weighted by Crippen LogP contribution is -2.01. The summed E-state index contributed by atoms with van der Waals surface area (Å²) in [7, 11) is 0. The molecule has 0 radical (unpaired) electrons. The predicted octanol–water partition coefficient (Wildman–Crippen LogP) is 0.623. The van der Waals surface area contributed by atoms with Crippen LogP contribution in [0.3, 0.4) is 0 Å². The Kier molecular flexibility index (Phi) is 3.11. The predicted molar refractivity (Wildman–Crippen MR) is 43.6 cm³/mol. The molecule has 70 valence electrons. The van der Waals surface area contributed by atoms with Gasteiger partial charge in [0.05, 0.1) is 18.8 Å². The fourth-order valence-electron chi connectivity index (χ4n) is 1.09. The van der Waals surface area contributed by atoms with Gasteiger partial charge in [-0.1, -0.05) is 6.07 Å². The van der Waals surface area contributed by atoms with Crippen LogP contribution in [-0.4, -0.2) is 16.5 Å². The monoisotopic (exact) mass is 184 g/mol. The molecule has 0 aliphatic heterocycles. The number of aliphatic hydroxyl groups excluding tert-OH is 2. The Morgan fingerprint density at radius 3 is 2.46 bits per heavy atom. The number of carbonyl (C=O) groups is 1. The molecule has 0 bridgehead atoms. The summed E-state index contributed by atoms with van der Waals surface area (Å²) in [5.74, 6) is -0.760. The number of carbonyl (C=O) groups excluding carboxylic acids is 1. The van der Waals surface area contributed by atoms with Crippen molar-refractivity contribution >= 4 is 6.29 Å². The second-order valence-electron chi connectivity index (χ2n) is 2.54. The van der Waals surface area contributed by atoms with Crippen molar-refractivity contribution in [1.82, 2.24) is 0 Å². The van der Waals surface area contributed by atoms with E-state index >= 15 is 0 Å². The Hall–Kier alpha value is -1.26. The molecule has 13 heavy (non-hydrogen) atoms. The van der Waals surface area contributed by atoms with E-state index in [-0.39, 0.29) is 17.7 Å². The standard InChI is InChI=1S/C9H9FO3/c10-9-7(4-12)2-1-6(3-11)8(9)5-13/h1-2,4,11,13H,3,5H2. The second kappa shape index (κ2) is 4.11. The van der Waals surface area contributed by atoms with Gasteiger partial charge in [-0.05, 0) is 11.6 Å². The van der Waals surface area contributed by atoms with Crippen LogP contribution in [0.15, 0.2) is 12.1 Å². The number of rotatable bonds is 3. The van der Waals surface area contributed by atoms with Crippen LogP contribution >= 0.6 is 0 Å². The van der Waals surface area contributed by atoms with Crippen LogP contribution in [-0.2, 0) is 13.2 Å². The van der Waals surface area contributed by atoms with E-state index in [1.807, 2.05) is 0 Å². The van der Waals surface area contributed by atoms with Gasteiger partial charge < -0.3 is 10.2 Å². The highest BCUT2D eigenvalue weighted by Crippen LogP contribution is 2.16. The van der Waals surface area contributed by atoms with Crippen molar-refractivity contribution in [3.8, 4) is 0 Å². The molecule has 4 heteroatoms. The molecule has 0 atom stereocenters. The molecule has 0 aromatic heterocycles. The number of benzene rings is 1. The maximum Gasteiger partial charge on any atom is 0.153 e. The van der Waals surface area contributed by atoms with E-state index in [0.717, 1.165) is 0 Å². The van der Waals surface area contributed by atoms with Crippen LogP contribution in [0.25, 0.3) is 0 Å². The lowest BCUT2D eigenvalue weighted by Gasteiger charge is -2.06. The largest absolute Gasteiger partial charge is 0.392 e. The van der Waals surface area contributed by atoms with E-state index in [4.69, 9.17) is 10.2 Å². The molecular formula is C9H9FO3. The summed E-state index contributed by atoms with van der Waals surface area (Å²) in [4.78, 5) is 10.3. The fourth-order valence-corrected chi connectivity index (χ4v) is 1.09. The molecule has 0 fully saturated rings. The quantitative estimate of drug-likeness (QED) is 0.677. The molecule has 0 saturated heterocycles. The Morgan fingerprint density at radius 2 is 2.00 bits per heavy atom. The Balaban J connectivity index is 3.31. The third-order valence-corrected chi connectivity index (χ3v) is 1.83. The first kappa shape index (κ1) is 9.83. The molecular weight excluding hydrogens is 175 g/mol. The molecule has 3 nitrogen and oxygen atoms in total. The van der Waals surface area contributed by atoms with Gasteiger partial charge in [0.15, 0.2) is 6.29 Å². The third-order valence-electron chi connectivity index (χ3n) is 1.83. The van der Waals surface area contributed by atoms with Gasteiger partial charge in [0.2, 0.25) is 0 Å². The highest BCUT2D eigenvalue weighted by Gasteiger charge is 2.11. The first-order valence-corrected chi connectivity index (χ1v) is 3.71. The molecule has 2 N–H and O–H groups in total. The zero-order chi connectivity index (χ0) is 9.84. The van der Waals surface area contributed by atoms with Crippen LogP contribution in [0.2, 0.25) is 0 Å². The van der Waals surface area contributed by atoms with E-state index < -0.39 is 12.4 Å². The molecule has 1 aromatic carbocycles. The average Bonchev–Trinajstić information content (AvgIpc) is 2.17. The molecule has 0 spiro atoms. The average molecular weight is 184 g/mol. The minimum absolute atomic E-state index is 0.0212. The molecule has 0 aliphatic carbocycles. The van der Waals surface area contributed by atoms with E-state index in [0.29, 0.717) is 11.8 Å². The normalized spacial score (nSPS) is 10.1. The van der Waals surface area contributed by atoms with Gasteiger partial charge in [-0.3, -0.25) is 4.79 Å². The van der Waals surface area contributed by atoms with E-state index in [9.17, 15) is 9.18 Å². The number of hydrogen-bond donors (Lipinski definition) is 2. The van der Waals surface area contributed by atoms with Gasteiger partial charge in [0, 0.05) is 5.56 Å². The third kappa shape index (κ3) is 1.74. The molecule has 0 amide bonds. The zero-order valence-electron chi connectivity index (χ0n) is 6.83. The molecule has 0 heterocycles. The van der Waals surface area contributed by atoms with E-state index in [2.05, 4.69) is 0 Å². The van der Waals surface area contributed by atoms with Crippen LogP contribution in [0.4, 0.5) is 4.39 Å². The Labute approximate surface area is 74.4 Å². The summed E-state index contributed by atoms with van der Waals surface area (Å²) in [6, 6.07) is 2.69. The van der Waals surface area contributed by atoms with Crippen molar-refractivity contribution in [3.05, 3.63) is 34.6 Å². The van der Waals surface area contributed by atoms with Crippen LogP contribution in [0, 0.1) is 5.82 Å². The van der Waals surface area contributed by atoms with Crippen LogP contribution in [0.5, 0.6) is 0 Å². The first-order valence-electron chi connectivity index (χ1n) is 3.71. The van der Waals surface area contributed by atoms with Crippen molar-refractivity contribution in [1.29, 1.82) is 0 Å². The summed E-state index contributed by atoms with van der Waals surface area (Å²) in [6.45, 7) is -0.880. The van der Waals surface area contributed by atoms with Crippen molar-refractivity contribution in [2.24, 2.45) is 0 Å². The van der Waals surface area contributed by atoms with E-state index in [1.165, 1.54) is 12.1 Å². The van der Waals surface area contributed by atoms with Gasteiger partial charge in [-0.2, -0.15) is 0 Å². The van der Waals surface area contributed by atoms with Gasteiger partial charge in [-0.15, -0.1) is 0 Å². The van der Waals surface area contributed by atoms with Crippen molar-refractivity contribution in [2.75, 3.05) is 0 Å². The highest BCUT2D eigenvalue weighted by atomic mass is 19.1. The lowest BCUT2D eigenvalue weighted by molar-refractivity contribution is 0.111. The fraction of sp³-hybridized carbons (Fsp3) is 0.222. The maximum absolute atomic E-state index is 13.2. The van der Waals surface area contributed by atoms with Crippen molar-refractivity contribution < 1.29 is 19.4 Å². The second-order valence-corrected chi connectivity index (χ2v) is 2.54. The summed E-state index contributed by atoms with van der Waals surface area (Å²) < 4.78 is 13.2. The highest BCUT2D eigenvalue weighted by molar-refractivity contribution is 5.75. The molecule has 0 aliphatic rings. The summed E-state index contributed by atoms with van der Waals surface area (Å²) >= 11 is 0. The molecule has 0 saturated carbocycles. The summed E-state index contributed by atoms with van der Waals surface area (Å²) in [5.41, 5.74) is 0.166. The number of halogens is 1. The summed E-state index contributed by atoms with van der Waals surface area (Å²) in [6.07, 6.45) is 0.371. The Morgan fingerprint density at radius 1 is 1.31 bits per heavy atom. The van der Waals surface area contributed by atoms with Crippen molar-refractivity contribution in [3.63, 3.8) is 0 Å². The van der Waals surface area contributed by atoms with Crippen LogP contribution in [0.1, 0.15) is 21.5 Å². The smallest absolute Gasteiger partial charge is 0.153 e. The van der Waals surface area contributed by atoms with Gasteiger partial charge >= 0.3 is 0 Å². The number of hydrogen-bond acceptors (Lipinski definition) is 3. The molecule has 1 rings (SSSR count).